The average molecular weight is 285 g/mol. The standard InChI is InChI=1S/C11H15N3O2S2/c1-8-7-10(9(2)17-8)18(15,16)14-4-3-11-12-5-6-13-11/h5-7,14H,3-4H2,1-2H3,(H,12,13). The van der Waals surface area contributed by atoms with Gasteiger partial charge in [-0.1, -0.05) is 0 Å². The molecule has 0 aromatic carbocycles. The molecule has 5 nitrogen and oxygen atoms in total. The summed E-state index contributed by atoms with van der Waals surface area (Å²) in [6.45, 7) is 4.06. The number of sulfonamides is 1. The zero-order valence-electron chi connectivity index (χ0n) is 10.2. The van der Waals surface area contributed by atoms with E-state index in [1.807, 2.05) is 13.8 Å². The van der Waals surface area contributed by atoms with Gasteiger partial charge in [0.1, 0.15) is 5.82 Å². The first-order valence-corrected chi connectivity index (χ1v) is 7.84. The largest absolute Gasteiger partial charge is 0.349 e. The summed E-state index contributed by atoms with van der Waals surface area (Å²) in [5.41, 5.74) is 0. The second kappa shape index (κ2) is 5.21. The molecule has 98 valence electrons. The lowest BCUT2D eigenvalue weighted by molar-refractivity contribution is 0.581. The number of hydrogen-bond donors (Lipinski definition) is 2. The highest BCUT2D eigenvalue weighted by Crippen LogP contribution is 2.24. The summed E-state index contributed by atoms with van der Waals surface area (Å²) in [4.78, 5) is 9.17. The average Bonchev–Trinajstić information content (AvgIpc) is 2.88. The molecule has 2 rings (SSSR count). The molecule has 0 amide bonds. The van der Waals surface area contributed by atoms with E-state index in [1.54, 1.807) is 18.5 Å². The van der Waals surface area contributed by atoms with E-state index in [0.29, 0.717) is 17.9 Å². The van der Waals surface area contributed by atoms with Crippen LogP contribution in [0.25, 0.3) is 0 Å². The van der Waals surface area contributed by atoms with Gasteiger partial charge in [0.15, 0.2) is 0 Å². The summed E-state index contributed by atoms with van der Waals surface area (Å²) in [5.74, 6) is 0.774. The van der Waals surface area contributed by atoms with E-state index < -0.39 is 10.0 Å². The number of nitrogens with zero attached hydrogens (tertiary/aromatic N) is 1. The minimum Gasteiger partial charge on any atom is -0.349 e. The summed E-state index contributed by atoms with van der Waals surface area (Å²) in [7, 11) is -3.40. The first-order chi connectivity index (χ1) is 8.49. The van der Waals surface area contributed by atoms with Gasteiger partial charge in [0, 0.05) is 35.1 Å². The maximum absolute atomic E-state index is 12.1. The Morgan fingerprint density at radius 3 is 2.78 bits per heavy atom. The van der Waals surface area contributed by atoms with E-state index >= 15 is 0 Å². The molecular weight excluding hydrogens is 270 g/mol. The molecular formula is C11H15N3O2S2. The minimum absolute atomic E-state index is 0.337. The molecule has 0 radical (unpaired) electrons. The van der Waals surface area contributed by atoms with Gasteiger partial charge in [-0.3, -0.25) is 0 Å². The second-order valence-electron chi connectivity index (χ2n) is 3.96. The summed E-state index contributed by atoms with van der Waals surface area (Å²) in [6.07, 6.45) is 3.92. The van der Waals surface area contributed by atoms with E-state index in [0.717, 1.165) is 15.6 Å². The highest BCUT2D eigenvalue weighted by molar-refractivity contribution is 7.89. The maximum Gasteiger partial charge on any atom is 0.241 e. The molecule has 18 heavy (non-hydrogen) atoms. The number of H-pyrrole nitrogens is 1. The van der Waals surface area contributed by atoms with E-state index in [1.165, 1.54) is 11.3 Å². The second-order valence-corrected chi connectivity index (χ2v) is 7.16. The molecule has 0 aliphatic heterocycles. The molecule has 7 heteroatoms. The van der Waals surface area contributed by atoms with E-state index in [4.69, 9.17) is 0 Å². The number of nitrogens with one attached hydrogen (secondary N) is 2. The van der Waals surface area contributed by atoms with Crippen molar-refractivity contribution in [2.45, 2.75) is 25.2 Å². The Morgan fingerprint density at radius 2 is 2.22 bits per heavy atom. The summed E-state index contributed by atoms with van der Waals surface area (Å²) < 4.78 is 26.7. The monoisotopic (exact) mass is 285 g/mol. The lowest BCUT2D eigenvalue weighted by atomic mass is 10.4. The quantitative estimate of drug-likeness (QED) is 0.876. The van der Waals surface area contributed by atoms with Crippen molar-refractivity contribution < 1.29 is 8.42 Å². The maximum atomic E-state index is 12.1. The zero-order valence-corrected chi connectivity index (χ0v) is 11.9. The van der Waals surface area contributed by atoms with Gasteiger partial charge in [0.2, 0.25) is 10.0 Å². The Bertz CT molecular complexity index is 615. The van der Waals surface area contributed by atoms with Crippen LogP contribution >= 0.6 is 11.3 Å². The van der Waals surface area contributed by atoms with Gasteiger partial charge in [-0.05, 0) is 19.9 Å². The number of imidazole rings is 1. The van der Waals surface area contributed by atoms with Crippen molar-refractivity contribution in [2.75, 3.05) is 6.54 Å². The Balaban J connectivity index is 2.02. The van der Waals surface area contributed by atoms with Crippen LogP contribution in [0.15, 0.2) is 23.4 Å². The molecule has 0 atom stereocenters. The number of rotatable bonds is 5. The predicted octanol–water partition coefficient (Wildman–Crippen LogP) is 1.61. The smallest absolute Gasteiger partial charge is 0.241 e. The van der Waals surface area contributed by atoms with Gasteiger partial charge in [-0.25, -0.2) is 18.1 Å². The van der Waals surface area contributed by atoms with Gasteiger partial charge >= 0.3 is 0 Å². The third-order valence-electron chi connectivity index (χ3n) is 2.49. The molecule has 0 spiro atoms. The van der Waals surface area contributed by atoms with Crippen LogP contribution in [0, 0.1) is 13.8 Å². The van der Waals surface area contributed by atoms with Crippen molar-refractivity contribution in [3.05, 3.63) is 34.0 Å². The number of aromatic nitrogens is 2. The fourth-order valence-corrected chi connectivity index (χ4v) is 4.28. The number of aromatic amines is 1. The van der Waals surface area contributed by atoms with Crippen LogP contribution in [0.2, 0.25) is 0 Å². The van der Waals surface area contributed by atoms with Crippen molar-refractivity contribution in [3.63, 3.8) is 0 Å². The van der Waals surface area contributed by atoms with Gasteiger partial charge in [0.05, 0.1) is 4.90 Å². The van der Waals surface area contributed by atoms with Crippen molar-refractivity contribution >= 4 is 21.4 Å². The molecule has 0 bridgehead atoms. The Morgan fingerprint density at radius 1 is 1.44 bits per heavy atom. The fraction of sp³-hybridized carbons (Fsp3) is 0.364. The van der Waals surface area contributed by atoms with Gasteiger partial charge < -0.3 is 4.98 Å². The SMILES string of the molecule is Cc1cc(S(=O)(=O)NCCc2ncc[nH]2)c(C)s1. The van der Waals surface area contributed by atoms with Gasteiger partial charge in [-0.15, -0.1) is 11.3 Å². The Kier molecular flexibility index (Phi) is 3.84. The Hall–Kier alpha value is -1.18. The topological polar surface area (TPSA) is 74.8 Å². The van der Waals surface area contributed by atoms with Crippen molar-refractivity contribution in [2.24, 2.45) is 0 Å². The molecule has 2 aromatic rings. The van der Waals surface area contributed by atoms with Crippen LogP contribution in [0.5, 0.6) is 0 Å². The summed E-state index contributed by atoms with van der Waals surface area (Å²) >= 11 is 1.49. The highest BCUT2D eigenvalue weighted by atomic mass is 32.2. The number of aryl methyl sites for hydroxylation is 2. The van der Waals surface area contributed by atoms with Crippen LogP contribution in [0.4, 0.5) is 0 Å². The van der Waals surface area contributed by atoms with Crippen LogP contribution in [0.3, 0.4) is 0 Å². The highest BCUT2D eigenvalue weighted by Gasteiger charge is 2.18. The molecule has 0 fully saturated rings. The Labute approximate surface area is 110 Å². The van der Waals surface area contributed by atoms with Crippen LogP contribution in [-0.4, -0.2) is 24.9 Å². The van der Waals surface area contributed by atoms with Crippen molar-refractivity contribution in [1.82, 2.24) is 14.7 Å². The predicted molar refractivity (Wildman–Crippen MR) is 71.3 cm³/mol. The minimum atomic E-state index is -3.40. The van der Waals surface area contributed by atoms with Crippen LogP contribution < -0.4 is 4.72 Å². The van der Waals surface area contributed by atoms with Crippen molar-refractivity contribution in [3.8, 4) is 0 Å². The van der Waals surface area contributed by atoms with Gasteiger partial charge in [0.25, 0.3) is 0 Å². The molecule has 2 heterocycles. The van der Waals surface area contributed by atoms with Gasteiger partial charge in [-0.2, -0.15) is 0 Å². The number of hydrogen-bond acceptors (Lipinski definition) is 4. The van der Waals surface area contributed by atoms with Crippen LogP contribution in [0.1, 0.15) is 15.6 Å². The molecule has 0 aliphatic carbocycles. The molecule has 0 saturated carbocycles. The molecule has 2 aromatic heterocycles. The van der Waals surface area contributed by atoms with E-state index in [-0.39, 0.29) is 0 Å². The van der Waals surface area contributed by atoms with Crippen LogP contribution in [-0.2, 0) is 16.4 Å². The number of thiophene rings is 1. The lowest BCUT2D eigenvalue weighted by Gasteiger charge is -2.04. The summed E-state index contributed by atoms with van der Waals surface area (Å²) in [5, 5.41) is 0. The first-order valence-electron chi connectivity index (χ1n) is 5.54. The third-order valence-corrected chi connectivity index (χ3v) is 5.18. The molecule has 0 saturated heterocycles. The zero-order chi connectivity index (χ0) is 13.2. The normalized spacial score (nSPS) is 11.9. The van der Waals surface area contributed by atoms with E-state index in [9.17, 15) is 8.42 Å². The molecule has 0 aliphatic rings. The first kappa shape index (κ1) is 13.3. The fourth-order valence-electron chi connectivity index (χ4n) is 1.69. The van der Waals surface area contributed by atoms with E-state index in [2.05, 4.69) is 14.7 Å². The molecule has 2 N–H and O–H groups in total. The molecule has 0 unspecified atom stereocenters. The third kappa shape index (κ3) is 2.98. The van der Waals surface area contributed by atoms with Crippen molar-refractivity contribution in [1.29, 1.82) is 0 Å². The summed E-state index contributed by atoms with van der Waals surface area (Å²) in [6, 6.07) is 1.70. The lowest BCUT2D eigenvalue weighted by Crippen LogP contribution is -2.26.